The monoisotopic (exact) mass is 428 g/mol. The summed E-state index contributed by atoms with van der Waals surface area (Å²) in [5.41, 5.74) is 0. The fourth-order valence-electron chi connectivity index (χ4n) is 4.13. The van der Waals surface area contributed by atoms with Crippen molar-refractivity contribution in [2.75, 3.05) is 13.2 Å². The van der Waals surface area contributed by atoms with Crippen molar-refractivity contribution in [1.29, 1.82) is 0 Å². The van der Waals surface area contributed by atoms with Gasteiger partial charge in [0.25, 0.3) is 10.0 Å². The van der Waals surface area contributed by atoms with Crippen molar-refractivity contribution >= 4 is 15.9 Å². The van der Waals surface area contributed by atoms with Crippen molar-refractivity contribution in [3.63, 3.8) is 0 Å². The summed E-state index contributed by atoms with van der Waals surface area (Å²) >= 11 is 0. The lowest BCUT2D eigenvalue weighted by molar-refractivity contribution is -0.130. The van der Waals surface area contributed by atoms with Crippen molar-refractivity contribution in [2.24, 2.45) is 13.0 Å². The van der Waals surface area contributed by atoms with E-state index in [1.165, 1.54) is 44.6 Å². The maximum atomic E-state index is 12.5. The van der Waals surface area contributed by atoms with Crippen molar-refractivity contribution in [3.05, 3.63) is 12.5 Å². The number of aromatic nitrogens is 2. The molecule has 0 spiro atoms. The Morgan fingerprint density at radius 1 is 1.28 bits per heavy atom. The molecule has 0 bridgehead atoms. The number of nitrogens with one attached hydrogen (secondary N) is 2. The first-order chi connectivity index (χ1) is 13.9. The molecule has 10 heteroatoms. The molecule has 164 valence electrons. The minimum absolute atomic E-state index is 0.0511. The molecule has 0 radical (unpaired) electrons. The summed E-state index contributed by atoms with van der Waals surface area (Å²) < 4.78 is 34.9. The molecule has 1 aromatic rings. The van der Waals surface area contributed by atoms with E-state index in [0.717, 1.165) is 0 Å². The molecule has 1 aromatic heterocycles. The SMILES string of the molecule is Cn1cnc(S(=O)(=O)N[C@H]2CC[C@@H](CC(=O)NCC3CCCCC3)O[C@H]2CO)c1. The highest BCUT2D eigenvalue weighted by Gasteiger charge is 2.35. The number of hydrogen-bond acceptors (Lipinski definition) is 6. The van der Waals surface area contributed by atoms with Crippen molar-refractivity contribution in [3.8, 4) is 0 Å². The number of ether oxygens (including phenoxy) is 1. The molecule has 3 atom stereocenters. The van der Waals surface area contributed by atoms with Gasteiger partial charge in [0.1, 0.15) is 0 Å². The summed E-state index contributed by atoms with van der Waals surface area (Å²) in [6, 6.07) is -0.562. The first-order valence-corrected chi connectivity index (χ1v) is 11.9. The Hall–Kier alpha value is -1.49. The molecule has 0 unspecified atom stereocenters. The molecule has 2 heterocycles. The molecular formula is C19H32N4O5S. The van der Waals surface area contributed by atoms with Crippen LogP contribution in [0.5, 0.6) is 0 Å². The summed E-state index contributed by atoms with van der Waals surface area (Å²) in [7, 11) is -2.11. The molecule has 2 aliphatic rings. The zero-order valence-electron chi connectivity index (χ0n) is 16.9. The second-order valence-corrected chi connectivity index (χ2v) is 9.83. The number of imidazole rings is 1. The molecule has 29 heavy (non-hydrogen) atoms. The van der Waals surface area contributed by atoms with Gasteiger partial charge >= 0.3 is 0 Å². The number of amides is 1. The van der Waals surface area contributed by atoms with Crippen LogP contribution in [-0.4, -0.2) is 60.4 Å². The minimum Gasteiger partial charge on any atom is -0.394 e. The highest BCUT2D eigenvalue weighted by atomic mass is 32.2. The van der Waals surface area contributed by atoms with Crippen LogP contribution < -0.4 is 10.0 Å². The molecule has 1 saturated carbocycles. The van der Waals surface area contributed by atoms with Gasteiger partial charge in [0, 0.05) is 19.8 Å². The zero-order chi connectivity index (χ0) is 20.9. The van der Waals surface area contributed by atoms with Crippen LogP contribution in [0, 0.1) is 5.92 Å². The van der Waals surface area contributed by atoms with Crippen LogP contribution >= 0.6 is 0 Å². The Morgan fingerprint density at radius 2 is 2.03 bits per heavy atom. The lowest BCUT2D eigenvalue weighted by Crippen LogP contribution is -2.51. The van der Waals surface area contributed by atoms with Crippen molar-refractivity contribution < 1.29 is 23.1 Å². The van der Waals surface area contributed by atoms with E-state index in [2.05, 4.69) is 15.0 Å². The third kappa shape index (κ3) is 6.24. The second kappa shape index (κ2) is 10.0. The molecule has 1 aliphatic carbocycles. The number of aliphatic hydroxyl groups excluding tert-OH is 1. The molecule has 1 saturated heterocycles. The number of aliphatic hydroxyl groups is 1. The molecule has 0 aromatic carbocycles. The highest BCUT2D eigenvalue weighted by Crippen LogP contribution is 2.24. The van der Waals surface area contributed by atoms with Gasteiger partial charge in [-0.2, -0.15) is 0 Å². The zero-order valence-corrected chi connectivity index (χ0v) is 17.7. The number of sulfonamides is 1. The smallest absolute Gasteiger partial charge is 0.259 e. The molecule has 9 nitrogen and oxygen atoms in total. The summed E-state index contributed by atoms with van der Waals surface area (Å²) in [6.45, 7) is 0.386. The number of rotatable bonds is 8. The second-order valence-electron chi connectivity index (χ2n) is 8.17. The van der Waals surface area contributed by atoms with E-state index in [0.29, 0.717) is 25.3 Å². The van der Waals surface area contributed by atoms with Gasteiger partial charge in [-0.05, 0) is 31.6 Å². The van der Waals surface area contributed by atoms with Crippen LogP contribution in [0.15, 0.2) is 17.6 Å². The predicted molar refractivity (Wildman–Crippen MR) is 107 cm³/mol. The number of carbonyl (C=O) groups excluding carboxylic acids is 1. The van der Waals surface area contributed by atoms with Crippen LogP contribution in [0.4, 0.5) is 0 Å². The van der Waals surface area contributed by atoms with Gasteiger partial charge in [0.05, 0.1) is 37.6 Å². The number of hydrogen-bond donors (Lipinski definition) is 3. The Labute approximate surface area is 172 Å². The maximum absolute atomic E-state index is 12.5. The van der Waals surface area contributed by atoms with Gasteiger partial charge in [-0.3, -0.25) is 4.79 Å². The molecule has 1 aliphatic heterocycles. The van der Waals surface area contributed by atoms with E-state index < -0.39 is 22.2 Å². The van der Waals surface area contributed by atoms with Crippen molar-refractivity contribution in [2.45, 2.75) is 74.6 Å². The fraction of sp³-hybridized carbons (Fsp3) is 0.789. The molecule has 3 N–H and O–H groups in total. The average molecular weight is 429 g/mol. The Morgan fingerprint density at radius 3 is 2.69 bits per heavy atom. The van der Waals surface area contributed by atoms with Crippen LogP contribution in [0.3, 0.4) is 0 Å². The summed E-state index contributed by atoms with van der Waals surface area (Å²) in [5, 5.41) is 12.6. The van der Waals surface area contributed by atoms with Crippen LogP contribution in [0.2, 0.25) is 0 Å². The third-order valence-electron chi connectivity index (χ3n) is 5.78. The molecular weight excluding hydrogens is 396 g/mol. The van der Waals surface area contributed by atoms with Gasteiger partial charge in [0.2, 0.25) is 5.91 Å². The topological polar surface area (TPSA) is 123 Å². The number of carbonyl (C=O) groups is 1. The largest absolute Gasteiger partial charge is 0.394 e. The van der Waals surface area contributed by atoms with E-state index in [4.69, 9.17) is 4.74 Å². The fourth-order valence-corrected chi connectivity index (χ4v) is 5.41. The standard InChI is InChI=1S/C19H32N4O5S/c1-23-11-19(21-13-23)29(26,27)22-16-8-7-15(28-17(16)12-24)9-18(25)20-10-14-5-3-2-4-6-14/h11,13-17,22,24H,2-10,12H2,1H3,(H,20,25)/t15-,16-,17-/m0/s1. The van der Waals surface area contributed by atoms with E-state index in [9.17, 15) is 18.3 Å². The number of nitrogens with zero attached hydrogens (tertiary/aromatic N) is 2. The van der Waals surface area contributed by atoms with Gasteiger partial charge in [-0.25, -0.2) is 18.1 Å². The molecule has 2 fully saturated rings. The summed E-state index contributed by atoms with van der Waals surface area (Å²) in [4.78, 5) is 16.1. The van der Waals surface area contributed by atoms with Gasteiger partial charge in [0.15, 0.2) is 5.03 Å². The molecule has 3 rings (SSSR count). The van der Waals surface area contributed by atoms with Crippen LogP contribution in [0.1, 0.15) is 51.4 Å². The van der Waals surface area contributed by atoms with E-state index in [1.807, 2.05) is 0 Å². The Balaban J connectivity index is 1.48. The van der Waals surface area contributed by atoms with E-state index >= 15 is 0 Å². The lowest BCUT2D eigenvalue weighted by atomic mass is 9.89. The van der Waals surface area contributed by atoms with Crippen LogP contribution in [0.25, 0.3) is 0 Å². The van der Waals surface area contributed by atoms with Gasteiger partial charge in [-0.15, -0.1) is 0 Å². The van der Waals surface area contributed by atoms with Gasteiger partial charge < -0.3 is 19.7 Å². The highest BCUT2D eigenvalue weighted by molar-refractivity contribution is 7.89. The third-order valence-corrected chi connectivity index (χ3v) is 7.16. The Bertz CT molecular complexity index is 775. The predicted octanol–water partition coefficient (Wildman–Crippen LogP) is 0.694. The summed E-state index contributed by atoms with van der Waals surface area (Å²) in [6.07, 6.45) is 9.16. The quantitative estimate of drug-likeness (QED) is 0.560. The van der Waals surface area contributed by atoms with Crippen LogP contribution in [-0.2, 0) is 26.6 Å². The van der Waals surface area contributed by atoms with E-state index in [1.54, 1.807) is 11.6 Å². The van der Waals surface area contributed by atoms with Gasteiger partial charge in [-0.1, -0.05) is 19.3 Å². The van der Waals surface area contributed by atoms with E-state index in [-0.39, 0.29) is 30.1 Å². The first kappa shape index (κ1) is 22.2. The molecule has 1 amide bonds. The Kier molecular flexibility index (Phi) is 7.66. The first-order valence-electron chi connectivity index (χ1n) is 10.4. The number of aryl methyl sites for hydroxylation is 1. The average Bonchev–Trinajstić information content (AvgIpc) is 3.15. The van der Waals surface area contributed by atoms with Crippen molar-refractivity contribution in [1.82, 2.24) is 19.6 Å². The summed E-state index contributed by atoms with van der Waals surface area (Å²) in [5.74, 6) is 0.514. The maximum Gasteiger partial charge on any atom is 0.259 e. The normalized spacial score (nSPS) is 26.3. The minimum atomic E-state index is -3.80. The lowest BCUT2D eigenvalue weighted by Gasteiger charge is -2.35.